The van der Waals surface area contributed by atoms with Gasteiger partial charge in [-0.3, -0.25) is 4.79 Å². The molecule has 3 rings (SSSR count). The molecule has 0 saturated heterocycles. The van der Waals surface area contributed by atoms with E-state index in [1.54, 1.807) is 7.11 Å². The zero-order chi connectivity index (χ0) is 17.8. The maximum absolute atomic E-state index is 12.8. The number of hydrogen-bond donors (Lipinski definition) is 1. The number of carbonyl (C=O) groups excluding carboxylic acids is 1. The molecule has 2 N–H and O–H groups in total. The summed E-state index contributed by atoms with van der Waals surface area (Å²) < 4.78 is 10.9. The summed E-state index contributed by atoms with van der Waals surface area (Å²) in [6.07, 6.45) is 5.56. The quantitative estimate of drug-likeness (QED) is 0.860. The average molecular weight is 346 g/mol. The van der Waals surface area contributed by atoms with E-state index in [0.717, 1.165) is 24.3 Å². The van der Waals surface area contributed by atoms with Gasteiger partial charge in [-0.1, -0.05) is 6.42 Å². The molecule has 25 heavy (non-hydrogen) atoms. The van der Waals surface area contributed by atoms with Crippen molar-refractivity contribution in [2.75, 3.05) is 27.3 Å². The minimum atomic E-state index is 0.140. The van der Waals surface area contributed by atoms with Crippen LogP contribution in [0.2, 0.25) is 0 Å². The number of likely N-dealkylation sites (N-methyl/N-ethyl adjacent to an activating group) is 1. The Hall–Kier alpha value is -1.75. The lowest BCUT2D eigenvalue weighted by atomic mass is 9.65. The molecule has 0 radical (unpaired) electrons. The fourth-order valence-corrected chi connectivity index (χ4v) is 4.39. The highest BCUT2D eigenvalue weighted by molar-refractivity contribution is 5.78. The van der Waals surface area contributed by atoms with Crippen LogP contribution in [0.5, 0.6) is 11.5 Å². The highest BCUT2D eigenvalue weighted by Crippen LogP contribution is 2.42. The van der Waals surface area contributed by atoms with Crippen molar-refractivity contribution in [1.82, 2.24) is 4.90 Å². The smallest absolute Gasteiger partial charge is 0.225 e. The van der Waals surface area contributed by atoms with Crippen molar-refractivity contribution in [2.24, 2.45) is 23.5 Å². The van der Waals surface area contributed by atoms with Gasteiger partial charge in [0, 0.05) is 19.0 Å². The van der Waals surface area contributed by atoms with Gasteiger partial charge in [-0.05, 0) is 61.8 Å². The maximum atomic E-state index is 12.8. The highest BCUT2D eigenvalue weighted by atomic mass is 16.5. The van der Waals surface area contributed by atoms with Gasteiger partial charge in [0.1, 0.15) is 18.1 Å². The first-order valence-corrected chi connectivity index (χ1v) is 9.36. The average Bonchev–Trinajstić information content (AvgIpc) is 2.61. The first kappa shape index (κ1) is 18.1. The van der Waals surface area contributed by atoms with Gasteiger partial charge in [0.25, 0.3) is 0 Å². The predicted octanol–water partition coefficient (Wildman–Crippen LogP) is 2.69. The Morgan fingerprint density at radius 1 is 1.16 bits per heavy atom. The Balaban J connectivity index is 1.46. The SMILES string of the molecule is COc1ccc(OCCN(C)C(=O)C2CC3CCCC(C2)C3N)cc1. The van der Waals surface area contributed by atoms with Crippen molar-refractivity contribution in [3.8, 4) is 11.5 Å². The van der Waals surface area contributed by atoms with Gasteiger partial charge in [0.2, 0.25) is 5.91 Å². The lowest BCUT2D eigenvalue weighted by Gasteiger charge is -2.44. The number of methoxy groups -OCH3 is 1. The lowest BCUT2D eigenvalue weighted by Crippen LogP contribution is -2.49. The molecule has 5 nitrogen and oxygen atoms in total. The fourth-order valence-electron chi connectivity index (χ4n) is 4.39. The zero-order valence-corrected chi connectivity index (χ0v) is 15.3. The molecule has 2 unspecified atom stereocenters. The van der Waals surface area contributed by atoms with E-state index in [1.807, 2.05) is 36.2 Å². The normalized spacial score (nSPS) is 28.3. The van der Waals surface area contributed by atoms with Gasteiger partial charge in [-0.2, -0.15) is 0 Å². The summed E-state index contributed by atoms with van der Waals surface area (Å²) in [7, 11) is 3.52. The van der Waals surface area contributed by atoms with Crippen LogP contribution >= 0.6 is 0 Å². The third-order valence-corrected chi connectivity index (χ3v) is 5.89. The summed E-state index contributed by atoms with van der Waals surface area (Å²) in [6.45, 7) is 1.09. The van der Waals surface area contributed by atoms with E-state index in [0.29, 0.717) is 31.0 Å². The van der Waals surface area contributed by atoms with Crippen LogP contribution in [-0.4, -0.2) is 44.2 Å². The number of benzene rings is 1. The van der Waals surface area contributed by atoms with Crippen molar-refractivity contribution >= 4 is 5.91 Å². The molecule has 2 bridgehead atoms. The third-order valence-electron chi connectivity index (χ3n) is 5.89. The Morgan fingerprint density at radius 3 is 2.36 bits per heavy atom. The summed E-state index contributed by atoms with van der Waals surface area (Å²) in [4.78, 5) is 14.6. The molecular formula is C20H30N2O3. The van der Waals surface area contributed by atoms with E-state index in [9.17, 15) is 4.79 Å². The maximum Gasteiger partial charge on any atom is 0.225 e. The van der Waals surface area contributed by atoms with Crippen LogP contribution in [0, 0.1) is 17.8 Å². The first-order valence-electron chi connectivity index (χ1n) is 9.36. The van der Waals surface area contributed by atoms with E-state index < -0.39 is 0 Å². The molecule has 138 valence electrons. The number of fused-ring (bicyclic) bond motifs is 2. The standard InChI is InChI=1S/C20H30N2O3/c1-22(10-11-25-18-8-6-17(24-2)7-9-18)20(23)16-12-14-4-3-5-15(13-16)19(14)21/h6-9,14-16,19H,3-5,10-13,21H2,1-2H3. The number of rotatable bonds is 6. The monoisotopic (exact) mass is 346 g/mol. The zero-order valence-electron chi connectivity index (χ0n) is 15.3. The van der Waals surface area contributed by atoms with Crippen LogP contribution in [0.4, 0.5) is 0 Å². The second-order valence-electron chi connectivity index (χ2n) is 7.48. The summed E-state index contributed by atoms with van der Waals surface area (Å²) in [5.41, 5.74) is 6.33. The van der Waals surface area contributed by atoms with Crippen LogP contribution < -0.4 is 15.2 Å². The van der Waals surface area contributed by atoms with Crippen LogP contribution in [-0.2, 0) is 4.79 Å². The summed E-state index contributed by atoms with van der Waals surface area (Å²) >= 11 is 0. The van der Waals surface area contributed by atoms with Crippen molar-refractivity contribution in [1.29, 1.82) is 0 Å². The second kappa shape index (κ2) is 8.09. The topological polar surface area (TPSA) is 64.8 Å². The minimum absolute atomic E-state index is 0.140. The number of nitrogens with zero attached hydrogens (tertiary/aromatic N) is 1. The molecule has 0 aliphatic heterocycles. The van der Waals surface area contributed by atoms with Crippen molar-refractivity contribution in [3.05, 3.63) is 24.3 Å². The highest BCUT2D eigenvalue weighted by Gasteiger charge is 2.41. The van der Waals surface area contributed by atoms with Gasteiger partial charge < -0.3 is 20.1 Å². The summed E-state index contributed by atoms with van der Waals surface area (Å²) in [5, 5.41) is 0. The van der Waals surface area contributed by atoms with Crippen molar-refractivity contribution in [2.45, 2.75) is 38.1 Å². The van der Waals surface area contributed by atoms with Crippen LogP contribution in [0.3, 0.4) is 0 Å². The molecule has 2 atom stereocenters. The first-order chi connectivity index (χ1) is 12.1. The number of nitrogens with two attached hydrogens (primary N) is 1. The molecular weight excluding hydrogens is 316 g/mol. The third kappa shape index (κ3) is 4.27. The molecule has 1 aromatic carbocycles. The van der Waals surface area contributed by atoms with Crippen LogP contribution in [0.1, 0.15) is 32.1 Å². The Kier molecular flexibility index (Phi) is 5.84. The lowest BCUT2D eigenvalue weighted by molar-refractivity contribution is -0.137. The predicted molar refractivity (Wildman–Crippen MR) is 97.7 cm³/mol. The molecule has 0 spiro atoms. The molecule has 0 heterocycles. The van der Waals surface area contributed by atoms with Gasteiger partial charge in [0.05, 0.1) is 13.7 Å². The number of ether oxygens (including phenoxy) is 2. The molecule has 1 aromatic rings. The molecule has 2 fully saturated rings. The number of carbonyl (C=O) groups is 1. The van der Waals surface area contributed by atoms with Crippen LogP contribution in [0.15, 0.2) is 24.3 Å². The van der Waals surface area contributed by atoms with E-state index in [1.165, 1.54) is 19.3 Å². The van der Waals surface area contributed by atoms with Crippen molar-refractivity contribution < 1.29 is 14.3 Å². The molecule has 0 aromatic heterocycles. The molecule has 5 heteroatoms. The minimum Gasteiger partial charge on any atom is -0.497 e. The Labute approximate surface area is 150 Å². The molecule has 2 aliphatic rings. The molecule has 2 aliphatic carbocycles. The van der Waals surface area contributed by atoms with Gasteiger partial charge in [-0.25, -0.2) is 0 Å². The van der Waals surface area contributed by atoms with E-state index in [2.05, 4.69) is 0 Å². The fraction of sp³-hybridized carbons (Fsp3) is 0.650. The van der Waals surface area contributed by atoms with E-state index >= 15 is 0 Å². The van der Waals surface area contributed by atoms with Crippen molar-refractivity contribution in [3.63, 3.8) is 0 Å². The Bertz CT molecular complexity index is 561. The van der Waals surface area contributed by atoms with Gasteiger partial charge in [-0.15, -0.1) is 0 Å². The van der Waals surface area contributed by atoms with Gasteiger partial charge in [0.15, 0.2) is 0 Å². The number of hydrogen-bond acceptors (Lipinski definition) is 4. The number of amides is 1. The summed E-state index contributed by atoms with van der Waals surface area (Å²) in [5.74, 6) is 3.06. The summed E-state index contributed by atoms with van der Waals surface area (Å²) in [6, 6.07) is 7.80. The molecule has 1 amide bonds. The Morgan fingerprint density at radius 2 is 1.76 bits per heavy atom. The van der Waals surface area contributed by atoms with E-state index in [4.69, 9.17) is 15.2 Å². The van der Waals surface area contributed by atoms with Gasteiger partial charge >= 0.3 is 0 Å². The van der Waals surface area contributed by atoms with Crippen LogP contribution in [0.25, 0.3) is 0 Å². The second-order valence-corrected chi connectivity index (χ2v) is 7.48. The van der Waals surface area contributed by atoms with E-state index in [-0.39, 0.29) is 11.8 Å². The largest absolute Gasteiger partial charge is 0.497 e. The molecule has 2 saturated carbocycles.